The van der Waals surface area contributed by atoms with Crippen molar-refractivity contribution in [2.24, 2.45) is 0 Å². The van der Waals surface area contributed by atoms with E-state index in [2.05, 4.69) is 30.8 Å². The highest BCUT2D eigenvalue weighted by Crippen LogP contribution is 2.29. The summed E-state index contributed by atoms with van der Waals surface area (Å²) in [5.41, 5.74) is 1.64. The molecule has 0 unspecified atom stereocenters. The number of nitrogens with zero attached hydrogens (tertiary/aromatic N) is 8. The molecule has 0 aromatic carbocycles. The number of aromatic nitrogens is 8. The van der Waals surface area contributed by atoms with E-state index in [0.29, 0.717) is 5.65 Å². The Morgan fingerprint density at radius 2 is 2.09 bits per heavy atom. The highest BCUT2D eigenvalue weighted by molar-refractivity contribution is 7.19. The summed E-state index contributed by atoms with van der Waals surface area (Å²) in [6.07, 6.45) is 1.81. The normalized spacial score (nSPS) is 11.6. The van der Waals surface area contributed by atoms with Gasteiger partial charge in [-0.25, -0.2) is 4.52 Å². The third-order valence-corrected chi connectivity index (χ3v) is 4.99. The fourth-order valence-electron chi connectivity index (χ4n) is 2.17. The summed E-state index contributed by atoms with van der Waals surface area (Å²) in [4.78, 5) is 1.80. The average molecular weight is 326 g/mol. The predicted octanol–water partition coefficient (Wildman–Crippen LogP) is 2.02. The van der Waals surface area contributed by atoms with Crippen LogP contribution in [0.3, 0.4) is 0 Å². The van der Waals surface area contributed by atoms with E-state index < -0.39 is 0 Å². The van der Waals surface area contributed by atoms with E-state index in [-0.39, 0.29) is 0 Å². The van der Waals surface area contributed by atoms with Crippen LogP contribution in [0.5, 0.6) is 0 Å². The summed E-state index contributed by atoms with van der Waals surface area (Å²) in [5, 5.41) is 27.3. The Morgan fingerprint density at radius 1 is 1.09 bits per heavy atom. The Bertz CT molecular complexity index is 1090. The zero-order valence-electron chi connectivity index (χ0n) is 10.9. The Labute approximate surface area is 130 Å². The Morgan fingerprint density at radius 3 is 3.00 bits per heavy atom. The fourth-order valence-corrected chi connectivity index (χ4v) is 3.70. The molecule has 0 amide bonds. The summed E-state index contributed by atoms with van der Waals surface area (Å²) in [6, 6.07) is 7.82. The molecule has 0 saturated carbocycles. The Hall–Kier alpha value is -2.72. The van der Waals surface area contributed by atoms with Crippen LogP contribution < -0.4 is 0 Å². The summed E-state index contributed by atoms with van der Waals surface area (Å²) < 4.78 is 3.39. The third-order valence-electron chi connectivity index (χ3n) is 3.18. The smallest absolute Gasteiger partial charge is 0.201 e. The van der Waals surface area contributed by atoms with Gasteiger partial charge in [0, 0.05) is 11.8 Å². The van der Waals surface area contributed by atoms with Crippen LogP contribution in [0.2, 0.25) is 0 Å². The standard InChI is InChI=1S/C12H6N8S2/c1-2-8(21-5-1)10-14-15-12-20(10)16-11(22-12)7-3-4-19-9(6-7)13-17-18-19/h1-6H. The molecule has 106 valence electrons. The highest BCUT2D eigenvalue weighted by atomic mass is 32.1. The number of pyridine rings is 1. The van der Waals surface area contributed by atoms with Crippen molar-refractivity contribution < 1.29 is 0 Å². The Balaban J connectivity index is 1.68. The molecule has 0 fully saturated rings. The van der Waals surface area contributed by atoms with E-state index in [9.17, 15) is 0 Å². The molecular weight excluding hydrogens is 320 g/mol. The van der Waals surface area contributed by atoms with Crippen molar-refractivity contribution in [2.45, 2.75) is 0 Å². The number of hydrogen-bond donors (Lipinski definition) is 0. The molecular formula is C12H6N8S2. The molecule has 0 aliphatic rings. The van der Waals surface area contributed by atoms with Gasteiger partial charge in [0.2, 0.25) is 4.96 Å². The van der Waals surface area contributed by atoms with Gasteiger partial charge in [-0.05, 0) is 34.0 Å². The van der Waals surface area contributed by atoms with Gasteiger partial charge in [0.1, 0.15) is 5.01 Å². The SMILES string of the molecule is c1csc(-c2nnc3sc(-c4ccn5nnnc5c4)nn23)c1. The molecule has 0 aliphatic heterocycles. The van der Waals surface area contributed by atoms with Crippen LogP contribution in [-0.4, -0.2) is 39.9 Å². The van der Waals surface area contributed by atoms with Gasteiger partial charge in [-0.2, -0.15) is 9.61 Å². The summed E-state index contributed by atoms with van der Waals surface area (Å²) in [7, 11) is 0. The Kier molecular flexibility index (Phi) is 2.37. The van der Waals surface area contributed by atoms with Gasteiger partial charge >= 0.3 is 0 Å². The van der Waals surface area contributed by atoms with E-state index in [1.54, 1.807) is 20.4 Å². The minimum atomic E-state index is 0.682. The molecule has 8 nitrogen and oxygen atoms in total. The van der Waals surface area contributed by atoms with Crippen molar-refractivity contribution in [2.75, 3.05) is 0 Å². The molecule has 0 atom stereocenters. The largest absolute Gasteiger partial charge is 0.235 e. The third kappa shape index (κ3) is 1.68. The first-order valence-corrected chi connectivity index (χ1v) is 8.02. The summed E-state index contributed by atoms with van der Waals surface area (Å²) in [6.45, 7) is 0. The number of tetrazole rings is 1. The molecule has 5 heterocycles. The van der Waals surface area contributed by atoms with Crippen LogP contribution in [0.4, 0.5) is 0 Å². The molecule has 5 rings (SSSR count). The lowest BCUT2D eigenvalue weighted by Crippen LogP contribution is -1.90. The molecule has 0 bridgehead atoms. The van der Waals surface area contributed by atoms with E-state index in [1.165, 1.54) is 11.3 Å². The molecule has 0 aliphatic carbocycles. The van der Waals surface area contributed by atoms with Gasteiger partial charge in [-0.3, -0.25) is 0 Å². The van der Waals surface area contributed by atoms with Gasteiger partial charge in [0.05, 0.1) is 4.88 Å². The van der Waals surface area contributed by atoms with E-state index >= 15 is 0 Å². The van der Waals surface area contributed by atoms with Gasteiger partial charge in [0.25, 0.3) is 0 Å². The van der Waals surface area contributed by atoms with Gasteiger partial charge in [-0.15, -0.1) is 26.6 Å². The first kappa shape index (κ1) is 11.9. The molecule has 5 aromatic heterocycles. The molecule has 5 aromatic rings. The molecule has 10 heteroatoms. The minimum Gasteiger partial charge on any atom is -0.201 e. The van der Waals surface area contributed by atoms with E-state index in [0.717, 1.165) is 26.2 Å². The molecule has 0 N–H and O–H groups in total. The second kappa shape index (κ2) is 4.39. The molecule has 22 heavy (non-hydrogen) atoms. The van der Waals surface area contributed by atoms with Crippen molar-refractivity contribution >= 4 is 33.3 Å². The maximum atomic E-state index is 4.63. The predicted molar refractivity (Wildman–Crippen MR) is 81.7 cm³/mol. The molecule has 0 spiro atoms. The van der Waals surface area contributed by atoms with Crippen molar-refractivity contribution in [1.29, 1.82) is 0 Å². The second-order valence-electron chi connectivity index (χ2n) is 4.50. The summed E-state index contributed by atoms with van der Waals surface area (Å²) in [5.74, 6) is 0.762. The topological polar surface area (TPSA) is 86.2 Å². The van der Waals surface area contributed by atoms with Crippen LogP contribution in [0.1, 0.15) is 0 Å². The number of hydrogen-bond acceptors (Lipinski definition) is 8. The first-order chi connectivity index (χ1) is 10.9. The fraction of sp³-hybridized carbons (Fsp3) is 0. The van der Waals surface area contributed by atoms with Gasteiger partial charge in [-0.1, -0.05) is 17.4 Å². The average Bonchev–Trinajstić information content (AvgIpc) is 3.28. The zero-order valence-corrected chi connectivity index (χ0v) is 12.5. The van der Waals surface area contributed by atoms with Crippen LogP contribution in [0.25, 0.3) is 31.9 Å². The molecule has 0 saturated heterocycles. The highest BCUT2D eigenvalue weighted by Gasteiger charge is 2.15. The summed E-state index contributed by atoms with van der Waals surface area (Å²) >= 11 is 3.10. The first-order valence-electron chi connectivity index (χ1n) is 6.33. The number of thiophene rings is 1. The van der Waals surface area contributed by atoms with E-state index in [1.807, 2.05) is 35.8 Å². The maximum Gasteiger partial charge on any atom is 0.235 e. The van der Waals surface area contributed by atoms with Crippen molar-refractivity contribution in [3.05, 3.63) is 35.8 Å². The number of rotatable bonds is 2. The van der Waals surface area contributed by atoms with Crippen LogP contribution >= 0.6 is 22.7 Å². The van der Waals surface area contributed by atoms with Crippen molar-refractivity contribution in [3.8, 4) is 21.3 Å². The van der Waals surface area contributed by atoms with Crippen LogP contribution in [-0.2, 0) is 0 Å². The second-order valence-corrected chi connectivity index (χ2v) is 6.40. The lowest BCUT2D eigenvalue weighted by Gasteiger charge is -1.95. The van der Waals surface area contributed by atoms with Crippen molar-refractivity contribution in [1.82, 2.24) is 39.9 Å². The van der Waals surface area contributed by atoms with Gasteiger partial charge < -0.3 is 0 Å². The van der Waals surface area contributed by atoms with Crippen LogP contribution in [0, 0.1) is 0 Å². The maximum absolute atomic E-state index is 4.63. The number of fused-ring (bicyclic) bond motifs is 2. The van der Waals surface area contributed by atoms with Crippen molar-refractivity contribution in [3.63, 3.8) is 0 Å². The quantitative estimate of drug-likeness (QED) is 0.493. The monoisotopic (exact) mass is 326 g/mol. The minimum absolute atomic E-state index is 0.682. The van der Waals surface area contributed by atoms with Crippen LogP contribution in [0.15, 0.2) is 35.8 Å². The molecule has 0 radical (unpaired) electrons. The lowest BCUT2D eigenvalue weighted by molar-refractivity contribution is 0.823. The van der Waals surface area contributed by atoms with Gasteiger partial charge in [0.15, 0.2) is 11.5 Å². The lowest BCUT2D eigenvalue weighted by atomic mass is 10.3. The zero-order chi connectivity index (χ0) is 14.5. The van der Waals surface area contributed by atoms with E-state index in [4.69, 9.17) is 0 Å².